The standard InChI is InChI=1S/C8H16N2O2S2.CH4/c1-7(11)10-4-6-14-13-5-3-8(12)9-2;/h3-6H2,1-2H3,(H,9,12)(H,10,11);1H4. The van der Waals surface area contributed by atoms with Crippen LogP contribution in [0.15, 0.2) is 0 Å². The second-order valence-electron chi connectivity index (χ2n) is 2.55. The van der Waals surface area contributed by atoms with Crippen LogP contribution >= 0.6 is 21.6 Å². The van der Waals surface area contributed by atoms with Crippen molar-refractivity contribution in [2.45, 2.75) is 20.8 Å². The second kappa shape index (κ2) is 11.7. The maximum atomic E-state index is 10.8. The molecule has 0 aromatic carbocycles. The van der Waals surface area contributed by atoms with Crippen molar-refractivity contribution in [1.29, 1.82) is 0 Å². The lowest BCUT2D eigenvalue weighted by Gasteiger charge is -2.01. The van der Waals surface area contributed by atoms with E-state index < -0.39 is 0 Å². The molecule has 0 saturated heterocycles. The zero-order valence-electron chi connectivity index (χ0n) is 8.46. The average molecular weight is 252 g/mol. The molecule has 0 aromatic heterocycles. The topological polar surface area (TPSA) is 58.2 Å². The molecule has 0 aliphatic carbocycles. The Morgan fingerprint density at radius 2 is 1.80 bits per heavy atom. The van der Waals surface area contributed by atoms with Crippen LogP contribution in [-0.4, -0.2) is 36.9 Å². The van der Waals surface area contributed by atoms with Crippen LogP contribution in [0, 0.1) is 0 Å². The lowest BCUT2D eigenvalue weighted by molar-refractivity contribution is -0.120. The third-order valence-electron chi connectivity index (χ3n) is 1.33. The van der Waals surface area contributed by atoms with E-state index in [1.54, 1.807) is 28.6 Å². The highest BCUT2D eigenvalue weighted by Gasteiger charge is 1.97. The van der Waals surface area contributed by atoms with Gasteiger partial charge in [0.25, 0.3) is 0 Å². The largest absolute Gasteiger partial charge is 0.359 e. The van der Waals surface area contributed by atoms with Gasteiger partial charge in [-0.2, -0.15) is 0 Å². The molecule has 4 nitrogen and oxygen atoms in total. The van der Waals surface area contributed by atoms with Gasteiger partial charge >= 0.3 is 0 Å². The molecule has 0 aromatic rings. The van der Waals surface area contributed by atoms with Gasteiger partial charge in [-0.3, -0.25) is 9.59 Å². The number of nitrogens with one attached hydrogen (secondary N) is 2. The monoisotopic (exact) mass is 252 g/mol. The highest BCUT2D eigenvalue weighted by atomic mass is 33.1. The molecule has 0 heterocycles. The third kappa shape index (κ3) is 13.6. The smallest absolute Gasteiger partial charge is 0.220 e. The minimum Gasteiger partial charge on any atom is -0.359 e. The summed E-state index contributed by atoms with van der Waals surface area (Å²) in [4.78, 5) is 21.3. The van der Waals surface area contributed by atoms with Crippen LogP contribution in [0.3, 0.4) is 0 Å². The Bertz CT molecular complexity index is 189. The first-order chi connectivity index (χ1) is 6.66. The fourth-order valence-electron chi connectivity index (χ4n) is 0.646. The molecule has 0 unspecified atom stereocenters. The van der Waals surface area contributed by atoms with Gasteiger partial charge < -0.3 is 10.6 Å². The van der Waals surface area contributed by atoms with E-state index in [0.29, 0.717) is 13.0 Å². The molecule has 2 N–H and O–H groups in total. The molecule has 6 heteroatoms. The van der Waals surface area contributed by atoms with Crippen LogP contribution < -0.4 is 10.6 Å². The summed E-state index contributed by atoms with van der Waals surface area (Å²) in [5.74, 6) is 1.75. The Balaban J connectivity index is 0. The SMILES string of the molecule is C.CNC(=O)CCSSCCNC(C)=O. The first-order valence-electron chi connectivity index (χ1n) is 4.36. The maximum Gasteiger partial charge on any atom is 0.220 e. The molecular formula is C9H20N2O2S2. The van der Waals surface area contributed by atoms with Crippen molar-refractivity contribution in [3.63, 3.8) is 0 Å². The second-order valence-corrected chi connectivity index (χ2v) is 5.25. The average Bonchev–Trinajstić information content (AvgIpc) is 2.15. The summed E-state index contributed by atoms with van der Waals surface area (Å²) in [6.07, 6.45) is 0.550. The Morgan fingerprint density at radius 1 is 1.20 bits per heavy atom. The summed E-state index contributed by atoms with van der Waals surface area (Å²) >= 11 is 0. The summed E-state index contributed by atoms with van der Waals surface area (Å²) in [5, 5.41) is 5.27. The van der Waals surface area contributed by atoms with Crippen LogP contribution in [-0.2, 0) is 9.59 Å². The van der Waals surface area contributed by atoms with E-state index in [0.717, 1.165) is 11.5 Å². The summed E-state index contributed by atoms with van der Waals surface area (Å²) < 4.78 is 0. The normalized spacial score (nSPS) is 8.93. The highest BCUT2D eigenvalue weighted by Crippen LogP contribution is 2.20. The maximum absolute atomic E-state index is 10.8. The predicted molar refractivity (Wildman–Crippen MR) is 69.0 cm³/mol. The minimum absolute atomic E-state index is 0. The Labute approximate surface area is 99.7 Å². The molecule has 0 rings (SSSR count). The van der Waals surface area contributed by atoms with Gasteiger partial charge in [-0.25, -0.2) is 0 Å². The van der Waals surface area contributed by atoms with Crippen molar-refractivity contribution in [3.8, 4) is 0 Å². The molecule has 0 radical (unpaired) electrons. The number of amides is 2. The third-order valence-corrected chi connectivity index (χ3v) is 3.74. The van der Waals surface area contributed by atoms with Gasteiger partial charge in [0.1, 0.15) is 0 Å². The molecule has 0 saturated carbocycles. The van der Waals surface area contributed by atoms with Gasteiger partial charge in [0.05, 0.1) is 0 Å². The molecule has 2 amide bonds. The lowest BCUT2D eigenvalue weighted by atomic mass is 10.5. The molecule has 0 atom stereocenters. The molecule has 15 heavy (non-hydrogen) atoms. The lowest BCUT2D eigenvalue weighted by Crippen LogP contribution is -2.22. The van der Waals surface area contributed by atoms with Gasteiger partial charge in [0.2, 0.25) is 11.8 Å². The fourth-order valence-corrected chi connectivity index (χ4v) is 2.54. The zero-order valence-corrected chi connectivity index (χ0v) is 10.1. The van der Waals surface area contributed by atoms with E-state index in [1.165, 1.54) is 6.92 Å². The van der Waals surface area contributed by atoms with E-state index >= 15 is 0 Å². The van der Waals surface area contributed by atoms with E-state index in [9.17, 15) is 9.59 Å². The number of carbonyl (C=O) groups is 2. The van der Waals surface area contributed by atoms with E-state index in [4.69, 9.17) is 0 Å². The van der Waals surface area contributed by atoms with E-state index in [1.807, 2.05) is 0 Å². The molecule has 90 valence electrons. The fraction of sp³-hybridized carbons (Fsp3) is 0.778. The van der Waals surface area contributed by atoms with Crippen LogP contribution in [0.4, 0.5) is 0 Å². The highest BCUT2D eigenvalue weighted by molar-refractivity contribution is 8.76. The summed E-state index contributed by atoms with van der Waals surface area (Å²) in [5.41, 5.74) is 0. The molecule has 0 aliphatic rings. The van der Waals surface area contributed by atoms with Gasteiger partial charge in [-0.05, 0) is 0 Å². The van der Waals surface area contributed by atoms with Crippen molar-refractivity contribution >= 4 is 33.4 Å². The van der Waals surface area contributed by atoms with Crippen molar-refractivity contribution in [2.75, 3.05) is 25.1 Å². The Hall–Kier alpha value is -0.360. The quantitative estimate of drug-likeness (QED) is 0.529. The minimum atomic E-state index is 0. The Kier molecular flexibility index (Phi) is 13.3. The van der Waals surface area contributed by atoms with Crippen molar-refractivity contribution in [2.24, 2.45) is 0 Å². The summed E-state index contributed by atoms with van der Waals surface area (Å²) in [6, 6.07) is 0. The number of rotatable bonds is 7. The van der Waals surface area contributed by atoms with Gasteiger partial charge in [-0.1, -0.05) is 29.0 Å². The predicted octanol–water partition coefficient (Wildman–Crippen LogP) is 1.28. The van der Waals surface area contributed by atoms with Crippen LogP contribution in [0.5, 0.6) is 0 Å². The van der Waals surface area contributed by atoms with Crippen molar-refractivity contribution < 1.29 is 9.59 Å². The van der Waals surface area contributed by atoms with Crippen molar-refractivity contribution in [1.82, 2.24) is 10.6 Å². The molecule has 0 spiro atoms. The summed E-state index contributed by atoms with van der Waals surface area (Å²) in [6.45, 7) is 2.19. The molecule has 0 aliphatic heterocycles. The number of hydrogen-bond acceptors (Lipinski definition) is 4. The van der Waals surface area contributed by atoms with E-state index in [-0.39, 0.29) is 19.2 Å². The van der Waals surface area contributed by atoms with Crippen molar-refractivity contribution in [3.05, 3.63) is 0 Å². The van der Waals surface area contributed by atoms with Crippen LogP contribution in [0.1, 0.15) is 20.8 Å². The molecular weight excluding hydrogens is 232 g/mol. The van der Waals surface area contributed by atoms with Gasteiger partial charge in [0.15, 0.2) is 0 Å². The molecule has 0 bridgehead atoms. The first kappa shape index (κ1) is 17.0. The van der Waals surface area contributed by atoms with Crippen LogP contribution in [0.25, 0.3) is 0 Å². The first-order valence-corrected chi connectivity index (χ1v) is 6.85. The zero-order chi connectivity index (χ0) is 10.8. The van der Waals surface area contributed by atoms with Gasteiger partial charge in [0, 0.05) is 38.4 Å². The summed E-state index contributed by atoms with van der Waals surface area (Å²) in [7, 11) is 4.96. The van der Waals surface area contributed by atoms with E-state index in [2.05, 4.69) is 10.6 Å². The van der Waals surface area contributed by atoms with Gasteiger partial charge in [-0.15, -0.1) is 0 Å². The number of hydrogen-bond donors (Lipinski definition) is 2. The molecule has 0 fully saturated rings. The number of carbonyl (C=O) groups excluding carboxylic acids is 2. The van der Waals surface area contributed by atoms with Crippen LogP contribution in [0.2, 0.25) is 0 Å². The Morgan fingerprint density at radius 3 is 2.33 bits per heavy atom.